The predicted octanol–water partition coefficient (Wildman–Crippen LogP) is 3.04. The molecule has 1 unspecified atom stereocenters. The van der Waals surface area contributed by atoms with Crippen molar-refractivity contribution in [2.75, 3.05) is 59.3 Å². The summed E-state index contributed by atoms with van der Waals surface area (Å²) in [7, 11) is 0. The summed E-state index contributed by atoms with van der Waals surface area (Å²) in [4.78, 5) is 4.99. The van der Waals surface area contributed by atoms with Crippen molar-refractivity contribution in [3.63, 3.8) is 0 Å². The number of nitrogens with zero attached hydrogens (tertiary/aromatic N) is 1. The number of benzene rings is 1. The zero-order valence-corrected chi connectivity index (χ0v) is 18.8. The second-order valence-electron chi connectivity index (χ2n) is 8.49. The molecule has 0 bridgehead atoms. The molecule has 1 aromatic rings. The Bertz CT molecular complexity index is 653. The van der Waals surface area contributed by atoms with Gasteiger partial charge in [-0.05, 0) is 50.7 Å². The first-order valence-corrected chi connectivity index (χ1v) is 11.5. The fraction of sp³-hybridized carbons (Fsp3) is 0.708. The highest BCUT2D eigenvalue weighted by Crippen LogP contribution is 2.37. The Morgan fingerprint density at radius 1 is 1.17 bits per heavy atom. The smallest absolute Gasteiger partial charge is 0.191 e. The van der Waals surface area contributed by atoms with E-state index in [2.05, 4.69) is 48.7 Å². The molecular formula is C24H39N3O3. The molecule has 0 spiro atoms. The van der Waals surface area contributed by atoms with Gasteiger partial charge in [0.15, 0.2) is 5.96 Å². The number of ether oxygens (including phenoxy) is 3. The number of guanidine groups is 1. The van der Waals surface area contributed by atoms with Gasteiger partial charge in [0.05, 0.1) is 19.8 Å². The van der Waals surface area contributed by atoms with E-state index in [1.807, 2.05) is 0 Å². The minimum atomic E-state index is 0.0540. The van der Waals surface area contributed by atoms with Gasteiger partial charge in [-0.2, -0.15) is 0 Å². The van der Waals surface area contributed by atoms with Crippen molar-refractivity contribution in [3.05, 3.63) is 35.4 Å². The van der Waals surface area contributed by atoms with Crippen LogP contribution in [0.2, 0.25) is 0 Å². The van der Waals surface area contributed by atoms with Crippen LogP contribution in [0.3, 0.4) is 0 Å². The minimum Gasteiger partial charge on any atom is -0.381 e. The largest absolute Gasteiger partial charge is 0.381 e. The molecule has 168 valence electrons. The summed E-state index contributed by atoms with van der Waals surface area (Å²) in [5.74, 6) is 1.47. The van der Waals surface area contributed by atoms with Crippen LogP contribution in [-0.2, 0) is 19.6 Å². The number of hydrogen-bond acceptors (Lipinski definition) is 4. The maximum absolute atomic E-state index is 5.81. The Labute approximate surface area is 181 Å². The fourth-order valence-electron chi connectivity index (χ4n) is 4.36. The third kappa shape index (κ3) is 6.69. The van der Waals surface area contributed by atoms with E-state index in [9.17, 15) is 0 Å². The SMILES string of the molecule is CCNC(=NCC1(c2ccccc2C)CCOCC1)NCCCOCC1CCOC1. The van der Waals surface area contributed by atoms with Crippen LogP contribution in [0.15, 0.2) is 29.3 Å². The summed E-state index contributed by atoms with van der Waals surface area (Å²) in [6.45, 7) is 11.7. The lowest BCUT2D eigenvalue weighted by atomic mass is 9.72. The number of nitrogens with one attached hydrogen (secondary N) is 2. The summed E-state index contributed by atoms with van der Waals surface area (Å²) >= 11 is 0. The molecule has 0 saturated carbocycles. The van der Waals surface area contributed by atoms with Gasteiger partial charge in [0.25, 0.3) is 0 Å². The number of hydrogen-bond donors (Lipinski definition) is 2. The van der Waals surface area contributed by atoms with Crippen molar-refractivity contribution in [1.82, 2.24) is 10.6 Å². The Morgan fingerprint density at radius 3 is 2.73 bits per heavy atom. The van der Waals surface area contributed by atoms with E-state index >= 15 is 0 Å². The molecule has 2 fully saturated rings. The van der Waals surface area contributed by atoms with Gasteiger partial charge in [0.2, 0.25) is 0 Å². The Kier molecular flexibility index (Phi) is 9.43. The van der Waals surface area contributed by atoms with Crippen molar-refractivity contribution in [2.45, 2.75) is 44.9 Å². The average molecular weight is 418 g/mol. The zero-order chi connectivity index (χ0) is 21.1. The highest BCUT2D eigenvalue weighted by molar-refractivity contribution is 5.79. The molecule has 0 aromatic heterocycles. The topological polar surface area (TPSA) is 64.1 Å². The van der Waals surface area contributed by atoms with E-state index in [-0.39, 0.29) is 5.41 Å². The van der Waals surface area contributed by atoms with Gasteiger partial charge in [-0.25, -0.2) is 0 Å². The predicted molar refractivity (Wildman–Crippen MR) is 121 cm³/mol. The highest BCUT2D eigenvalue weighted by Gasteiger charge is 2.35. The van der Waals surface area contributed by atoms with Gasteiger partial charge < -0.3 is 24.8 Å². The van der Waals surface area contributed by atoms with Crippen LogP contribution in [0.5, 0.6) is 0 Å². The van der Waals surface area contributed by atoms with Gasteiger partial charge >= 0.3 is 0 Å². The molecule has 30 heavy (non-hydrogen) atoms. The first kappa shape index (κ1) is 23.0. The van der Waals surface area contributed by atoms with Crippen LogP contribution in [0, 0.1) is 12.8 Å². The standard InChI is InChI=1S/C24H39N3O3/c1-3-25-23(26-12-6-13-29-17-21-9-14-30-18-21)27-19-24(10-15-28-16-11-24)22-8-5-4-7-20(22)2/h4-5,7-8,21H,3,6,9-19H2,1-2H3,(H2,25,26,27). The maximum atomic E-state index is 5.81. The van der Waals surface area contributed by atoms with Crippen LogP contribution in [0.25, 0.3) is 0 Å². The molecule has 6 nitrogen and oxygen atoms in total. The lowest BCUT2D eigenvalue weighted by Gasteiger charge is -2.37. The van der Waals surface area contributed by atoms with E-state index in [0.717, 1.165) is 90.9 Å². The number of aryl methyl sites for hydroxylation is 1. The lowest BCUT2D eigenvalue weighted by molar-refractivity contribution is 0.0529. The van der Waals surface area contributed by atoms with Gasteiger partial charge in [0, 0.05) is 50.8 Å². The normalized spacial score (nSPS) is 21.5. The van der Waals surface area contributed by atoms with E-state index in [1.165, 1.54) is 11.1 Å². The summed E-state index contributed by atoms with van der Waals surface area (Å²) in [5.41, 5.74) is 2.81. The van der Waals surface area contributed by atoms with Crippen LogP contribution < -0.4 is 10.6 Å². The monoisotopic (exact) mass is 417 g/mol. The summed E-state index contributed by atoms with van der Waals surface area (Å²) in [5, 5.41) is 6.87. The van der Waals surface area contributed by atoms with Crippen molar-refractivity contribution >= 4 is 5.96 Å². The molecule has 1 atom stereocenters. The number of rotatable bonds is 10. The summed E-state index contributed by atoms with van der Waals surface area (Å²) in [6.07, 6.45) is 4.12. The lowest BCUT2D eigenvalue weighted by Crippen LogP contribution is -2.42. The molecule has 0 amide bonds. The second kappa shape index (κ2) is 12.3. The molecule has 0 radical (unpaired) electrons. The third-order valence-electron chi connectivity index (χ3n) is 6.19. The van der Waals surface area contributed by atoms with Crippen molar-refractivity contribution in [1.29, 1.82) is 0 Å². The zero-order valence-electron chi connectivity index (χ0n) is 18.8. The summed E-state index contributed by atoms with van der Waals surface area (Å²) < 4.78 is 16.9. The summed E-state index contributed by atoms with van der Waals surface area (Å²) in [6, 6.07) is 8.73. The fourth-order valence-corrected chi connectivity index (χ4v) is 4.36. The van der Waals surface area contributed by atoms with E-state index in [1.54, 1.807) is 0 Å². The average Bonchev–Trinajstić information content (AvgIpc) is 3.29. The van der Waals surface area contributed by atoms with Crippen molar-refractivity contribution in [2.24, 2.45) is 10.9 Å². The second-order valence-corrected chi connectivity index (χ2v) is 8.49. The highest BCUT2D eigenvalue weighted by atomic mass is 16.5. The first-order chi connectivity index (χ1) is 14.7. The van der Waals surface area contributed by atoms with Crippen LogP contribution >= 0.6 is 0 Å². The quantitative estimate of drug-likeness (QED) is 0.348. The van der Waals surface area contributed by atoms with Crippen LogP contribution in [-0.4, -0.2) is 65.2 Å². The van der Waals surface area contributed by atoms with Gasteiger partial charge in [-0.3, -0.25) is 4.99 Å². The van der Waals surface area contributed by atoms with Gasteiger partial charge in [-0.1, -0.05) is 24.3 Å². The molecule has 2 saturated heterocycles. The van der Waals surface area contributed by atoms with E-state index in [4.69, 9.17) is 19.2 Å². The minimum absolute atomic E-state index is 0.0540. The van der Waals surface area contributed by atoms with Gasteiger partial charge in [-0.15, -0.1) is 0 Å². The molecule has 1 aromatic carbocycles. The molecule has 3 rings (SSSR count). The third-order valence-corrected chi connectivity index (χ3v) is 6.19. The first-order valence-electron chi connectivity index (χ1n) is 11.5. The molecule has 2 aliphatic heterocycles. The Hall–Kier alpha value is -1.63. The molecule has 2 heterocycles. The Morgan fingerprint density at radius 2 is 2.00 bits per heavy atom. The molecular weight excluding hydrogens is 378 g/mol. The number of aliphatic imine (C=N–C) groups is 1. The van der Waals surface area contributed by atoms with Crippen molar-refractivity contribution in [3.8, 4) is 0 Å². The molecule has 2 N–H and O–H groups in total. The molecule has 6 heteroatoms. The maximum Gasteiger partial charge on any atom is 0.191 e. The Balaban J connectivity index is 1.51. The van der Waals surface area contributed by atoms with E-state index in [0.29, 0.717) is 5.92 Å². The van der Waals surface area contributed by atoms with Gasteiger partial charge in [0.1, 0.15) is 0 Å². The van der Waals surface area contributed by atoms with Crippen LogP contribution in [0.1, 0.15) is 43.7 Å². The molecule has 0 aliphatic carbocycles. The van der Waals surface area contributed by atoms with Crippen molar-refractivity contribution < 1.29 is 14.2 Å². The molecule has 2 aliphatic rings. The van der Waals surface area contributed by atoms with E-state index < -0.39 is 0 Å². The van der Waals surface area contributed by atoms with Crippen LogP contribution in [0.4, 0.5) is 0 Å².